The second-order valence-corrected chi connectivity index (χ2v) is 14.1. The average Bonchev–Trinajstić information content (AvgIpc) is 3.16. The first kappa shape index (κ1) is 39.3. The molecule has 0 radical (unpaired) electrons. The Hall–Kier alpha value is -4.37. The average molecular weight is 762 g/mol. The van der Waals surface area contributed by atoms with Crippen LogP contribution in [0, 0.1) is 0 Å². The first-order valence-corrected chi connectivity index (χ1v) is 17.6. The molecule has 5 unspecified atom stereocenters. The molecule has 1 aliphatic heterocycles. The van der Waals surface area contributed by atoms with Gasteiger partial charge in [-0.2, -0.15) is 0 Å². The van der Waals surface area contributed by atoms with Gasteiger partial charge in [-0.25, -0.2) is 0 Å². The number of aliphatic hydroxyl groups excluding tert-OH is 3. The number of ketones is 2. The van der Waals surface area contributed by atoms with Crippen LogP contribution in [0.2, 0.25) is 0 Å². The van der Waals surface area contributed by atoms with Crippen molar-refractivity contribution in [3.8, 4) is 17.2 Å². The van der Waals surface area contributed by atoms with E-state index in [0.29, 0.717) is 13.1 Å². The molecule has 1 fully saturated rings. The summed E-state index contributed by atoms with van der Waals surface area (Å²) in [4.78, 5) is 30.0. The first-order valence-electron chi connectivity index (χ1n) is 17.6. The summed E-state index contributed by atoms with van der Waals surface area (Å²) < 4.78 is 18.1. The van der Waals surface area contributed by atoms with E-state index in [1.807, 2.05) is 60.7 Å². The molecule has 7 atom stereocenters. The van der Waals surface area contributed by atoms with Gasteiger partial charge < -0.3 is 44.8 Å². The van der Waals surface area contributed by atoms with Crippen molar-refractivity contribution in [2.24, 2.45) is 0 Å². The molecule has 6 N–H and O–H groups in total. The molecular weight excluding hydrogens is 718 g/mol. The Bertz CT molecular complexity index is 1970. The van der Waals surface area contributed by atoms with Gasteiger partial charge in [0, 0.05) is 55.1 Å². The Labute approximate surface area is 318 Å². The van der Waals surface area contributed by atoms with Gasteiger partial charge in [0.1, 0.15) is 23.4 Å². The normalized spacial score (nSPS) is 25.3. The predicted molar refractivity (Wildman–Crippen MR) is 198 cm³/mol. The number of methoxy groups -OCH3 is 1. The Balaban J connectivity index is 0.00000497. The number of phenols is 2. The quantitative estimate of drug-likeness (QED) is 0.113. The van der Waals surface area contributed by atoms with Gasteiger partial charge in [0.05, 0.1) is 54.3 Å². The van der Waals surface area contributed by atoms with Crippen LogP contribution in [0.3, 0.4) is 0 Å². The van der Waals surface area contributed by atoms with E-state index < -0.39 is 89.6 Å². The molecule has 13 heteroatoms. The Morgan fingerprint density at radius 3 is 2.09 bits per heavy atom. The number of aliphatic hydroxyl groups is 4. The highest BCUT2D eigenvalue weighted by Gasteiger charge is 2.50. The van der Waals surface area contributed by atoms with Crippen molar-refractivity contribution in [1.29, 1.82) is 0 Å². The molecule has 54 heavy (non-hydrogen) atoms. The van der Waals surface area contributed by atoms with E-state index in [2.05, 4.69) is 4.90 Å². The zero-order valence-corrected chi connectivity index (χ0v) is 30.6. The van der Waals surface area contributed by atoms with E-state index >= 15 is 0 Å². The molecule has 1 heterocycles. The van der Waals surface area contributed by atoms with E-state index in [1.165, 1.54) is 25.3 Å². The van der Waals surface area contributed by atoms with Gasteiger partial charge in [0.25, 0.3) is 0 Å². The number of rotatable bonds is 10. The van der Waals surface area contributed by atoms with Crippen LogP contribution in [0.5, 0.6) is 17.2 Å². The maximum absolute atomic E-state index is 14.0. The van der Waals surface area contributed by atoms with Gasteiger partial charge in [-0.05, 0) is 24.1 Å². The molecule has 4 aromatic carbocycles. The van der Waals surface area contributed by atoms with Crippen LogP contribution < -0.4 is 4.74 Å². The summed E-state index contributed by atoms with van der Waals surface area (Å²) >= 11 is 0. The number of carbonyl (C=O) groups excluding carboxylic acids is 2. The molecule has 0 bridgehead atoms. The van der Waals surface area contributed by atoms with Crippen molar-refractivity contribution < 1.29 is 54.4 Å². The van der Waals surface area contributed by atoms with Gasteiger partial charge in [0.2, 0.25) is 5.78 Å². The van der Waals surface area contributed by atoms with Crippen LogP contribution in [0.15, 0.2) is 78.9 Å². The summed E-state index contributed by atoms with van der Waals surface area (Å²) in [6.45, 7) is 1.87. The van der Waals surface area contributed by atoms with Crippen LogP contribution in [-0.4, -0.2) is 97.1 Å². The minimum atomic E-state index is -2.08. The van der Waals surface area contributed by atoms with Crippen LogP contribution in [0.1, 0.15) is 80.0 Å². The van der Waals surface area contributed by atoms with E-state index in [1.54, 1.807) is 6.92 Å². The molecule has 7 rings (SSSR count). The lowest BCUT2D eigenvalue weighted by Gasteiger charge is -2.46. The van der Waals surface area contributed by atoms with E-state index in [4.69, 9.17) is 14.2 Å². The van der Waals surface area contributed by atoms with Gasteiger partial charge in [-0.1, -0.05) is 72.8 Å². The van der Waals surface area contributed by atoms with Crippen molar-refractivity contribution in [1.82, 2.24) is 4.90 Å². The number of nitrogens with zero attached hydrogens (tertiary/aromatic N) is 1. The zero-order valence-electron chi connectivity index (χ0n) is 29.8. The van der Waals surface area contributed by atoms with Gasteiger partial charge >= 0.3 is 0 Å². The van der Waals surface area contributed by atoms with Gasteiger partial charge in [-0.3, -0.25) is 14.5 Å². The lowest BCUT2D eigenvalue weighted by Crippen LogP contribution is -2.55. The van der Waals surface area contributed by atoms with Crippen molar-refractivity contribution in [2.75, 3.05) is 13.7 Å². The second-order valence-electron chi connectivity index (χ2n) is 14.1. The minimum absolute atomic E-state index is 0. The third kappa shape index (κ3) is 7.00. The molecule has 12 nitrogen and oxygen atoms in total. The van der Waals surface area contributed by atoms with Gasteiger partial charge in [0.15, 0.2) is 12.1 Å². The number of carbonyl (C=O) groups is 2. The molecule has 3 aliphatic rings. The lowest BCUT2D eigenvalue weighted by molar-refractivity contribution is -0.263. The highest BCUT2D eigenvalue weighted by atomic mass is 35.5. The number of ether oxygens (including phenoxy) is 3. The summed E-state index contributed by atoms with van der Waals surface area (Å²) in [5.74, 6) is -2.65. The minimum Gasteiger partial charge on any atom is -0.507 e. The van der Waals surface area contributed by atoms with Crippen LogP contribution >= 0.6 is 12.4 Å². The molecule has 0 spiro atoms. The molecule has 2 aliphatic carbocycles. The standard InChI is InChI=1S/C41H43NO11.ClH/c1-22-36(45)27(42(19-23-10-5-3-6-11-23)20-24-12-7-4-8-13-24)16-31(52-22)53-29-18-41(50,30(44)21-43)17-26-33(29)40(49)35-34(38(26)47)37(46)25-14-9-15-28(51-2)32(25)39(35)48;/h3-15,22,27,29-31,36,43-45,47,49-50H,16-21H2,1-2H3;1H/t22?,27?,29-,30?,31?,36?,41-;/m0./s1. The van der Waals surface area contributed by atoms with Crippen molar-refractivity contribution in [3.63, 3.8) is 0 Å². The van der Waals surface area contributed by atoms with Crippen molar-refractivity contribution in [3.05, 3.63) is 123 Å². The maximum atomic E-state index is 14.0. The largest absolute Gasteiger partial charge is 0.507 e. The number of fused-ring (bicyclic) bond motifs is 3. The first-order chi connectivity index (χ1) is 25.4. The Morgan fingerprint density at radius 1 is 0.889 bits per heavy atom. The number of hydrogen-bond acceptors (Lipinski definition) is 12. The summed E-state index contributed by atoms with van der Waals surface area (Å²) in [6.07, 6.45) is -6.44. The Kier molecular flexibility index (Phi) is 11.5. The summed E-state index contributed by atoms with van der Waals surface area (Å²) in [6, 6.07) is 23.6. The highest BCUT2D eigenvalue weighted by Crippen LogP contribution is 2.53. The van der Waals surface area contributed by atoms with Crippen LogP contribution in [0.25, 0.3) is 0 Å². The van der Waals surface area contributed by atoms with E-state index in [-0.39, 0.29) is 53.3 Å². The third-order valence-corrected chi connectivity index (χ3v) is 10.8. The monoisotopic (exact) mass is 761 g/mol. The summed E-state index contributed by atoms with van der Waals surface area (Å²) in [5.41, 5.74) is -1.19. The fourth-order valence-electron chi connectivity index (χ4n) is 8.07. The van der Waals surface area contributed by atoms with Crippen molar-refractivity contribution >= 4 is 24.0 Å². The number of halogens is 1. The smallest absolute Gasteiger partial charge is 0.202 e. The molecule has 4 aromatic rings. The fourth-order valence-corrected chi connectivity index (χ4v) is 8.07. The molecule has 0 saturated carbocycles. The topological polar surface area (TPSA) is 186 Å². The van der Waals surface area contributed by atoms with Gasteiger partial charge in [-0.15, -0.1) is 12.4 Å². The number of benzene rings is 4. The SMILES string of the molecule is COc1cccc2c1C(=O)c1c(O)c3c(c(O)c1C2=O)C[C@@](O)(C(O)CO)C[C@@H]3OC1CC(N(Cc2ccccc2)Cc2ccccc2)C(O)C(C)O1.Cl. The maximum Gasteiger partial charge on any atom is 0.202 e. The Morgan fingerprint density at radius 2 is 1.50 bits per heavy atom. The molecule has 286 valence electrons. The number of aromatic hydroxyl groups is 2. The predicted octanol–water partition coefficient (Wildman–Crippen LogP) is 3.96. The molecular formula is C41H44ClNO11. The molecule has 0 aromatic heterocycles. The highest BCUT2D eigenvalue weighted by molar-refractivity contribution is 6.31. The van der Waals surface area contributed by atoms with Crippen molar-refractivity contribution in [2.45, 2.75) is 81.6 Å². The zero-order chi connectivity index (χ0) is 37.6. The van der Waals surface area contributed by atoms with E-state index in [9.17, 15) is 40.2 Å². The van der Waals surface area contributed by atoms with Crippen LogP contribution in [-0.2, 0) is 29.0 Å². The van der Waals surface area contributed by atoms with Crippen LogP contribution in [0.4, 0.5) is 0 Å². The molecule has 0 amide bonds. The van der Waals surface area contributed by atoms with E-state index in [0.717, 1.165) is 11.1 Å². The molecule has 1 saturated heterocycles. The summed E-state index contributed by atoms with van der Waals surface area (Å²) in [7, 11) is 1.35. The second kappa shape index (κ2) is 15.8. The summed E-state index contributed by atoms with van der Waals surface area (Å²) in [5, 5.41) is 67.7. The number of phenolic OH excluding ortho intramolecular Hbond substituents is 2. The third-order valence-electron chi connectivity index (χ3n) is 10.8. The fraction of sp³-hybridized carbons (Fsp3) is 0.366. The number of hydrogen-bond donors (Lipinski definition) is 6. The lowest BCUT2D eigenvalue weighted by atomic mass is 9.71.